The lowest BCUT2D eigenvalue weighted by Crippen LogP contribution is -2.50. The van der Waals surface area contributed by atoms with E-state index in [9.17, 15) is 39.5 Å². The summed E-state index contributed by atoms with van der Waals surface area (Å²) in [7, 11) is 0. The number of alkyl halides is 8. The van der Waals surface area contributed by atoms with Crippen LogP contribution in [0.5, 0.6) is 0 Å². The third kappa shape index (κ3) is 4.75. The molecular formula is C21H11Br2F9S. The first kappa shape index (κ1) is 26.2. The summed E-state index contributed by atoms with van der Waals surface area (Å²) in [4.78, 5) is -0.799. The lowest BCUT2D eigenvalue weighted by atomic mass is 9.81. The minimum absolute atomic E-state index is 0.0799. The van der Waals surface area contributed by atoms with Crippen LogP contribution in [0.25, 0.3) is 5.57 Å². The number of thioether (sulfide) groups is 1. The molecule has 0 N–H and O–H groups in total. The molecule has 0 nitrogen and oxygen atoms in total. The van der Waals surface area contributed by atoms with Crippen LogP contribution in [0, 0.1) is 11.6 Å². The first-order valence-electron chi connectivity index (χ1n) is 8.93. The molecule has 33 heavy (non-hydrogen) atoms. The maximum absolute atomic E-state index is 14.8. The number of hydrogen-bond acceptors (Lipinski definition) is 1. The van der Waals surface area contributed by atoms with Gasteiger partial charge in [-0.2, -0.15) is 30.7 Å². The molecule has 12 heteroatoms. The van der Waals surface area contributed by atoms with Crippen LogP contribution in [-0.4, -0.2) is 17.4 Å². The van der Waals surface area contributed by atoms with Crippen molar-refractivity contribution in [1.29, 1.82) is 0 Å². The van der Waals surface area contributed by atoms with Gasteiger partial charge in [0, 0.05) is 22.5 Å². The molecule has 0 spiro atoms. The second kappa shape index (κ2) is 8.99. The number of hydrogen-bond donors (Lipinski definition) is 0. The van der Waals surface area contributed by atoms with Gasteiger partial charge in [-0.3, -0.25) is 0 Å². The highest BCUT2D eigenvalue weighted by Gasteiger charge is 2.73. The second-order valence-corrected chi connectivity index (χ2v) is 10.5. The van der Waals surface area contributed by atoms with Gasteiger partial charge in [0.05, 0.1) is 4.32 Å². The van der Waals surface area contributed by atoms with Gasteiger partial charge in [-0.25, -0.2) is 8.78 Å². The second-order valence-electron chi connectivity index (χ2n) is 6.96. The molecule has 0 fully saturated rings. The van der Waals surface area contributed by atoms with E-state index in [2.05, 4.69) is 31.9 Å². The Bertz CT molecular complexity index is 1120. The Morgan fingerprint density at radius 3 is 1.91 bits per heavy atom. The Labute approximate surface area is 203 Å². The number of rotatable bonds is 5. The molecule has 0 saturated heterocycles. The number of allylic oxidation sites excluding steroid dienone is 3. The molecule has 1 atom stereocenters. The van der Waals surface area contributed by atoms with Crippen LogP contribution < -0.4 is 0 Å². The fraction of sp³-hybridized carbons (Fsp3) is 0.238. The van der Waals surface area contributed by atoms with Crippen molar-refractivity contribution in [3.63, 3.8) is 0 Å². The van der Waals surface area contributed by atoms with Gasteiger partial charge in [-0.05, 0) is 40.0 Å². The third-order valence-electron chi connectivity index (χ3n) is 4.75. The summed E-state index contributed by atoms with van der Waals surface area (Å²) in [6.45, 7) is 0. The molecule has 0 amide bonds. The van der Waals surface area contributed by atoms with Crippen LogP contribution in [0.15, 0.2) is 64.0 Å². The Hall–Kier alpha value is -1.40. The Balaban J connectivity index is 2.33. The topological polar surface area (TPSA) is 0 Å². The molecule has 1 aliphatic rings. The zero-order valence-electron chi connectivity index (χ0n) is 16.0. The summed E-state index contributed by atoms with van der Waals surface area (Å²) in [6, 6.07) is 9.73. The van der Waals surface area contributed by atoms with Crippen molar-refractivity contribution in [3.8, 4) is 0 Å². The zero-order valence-corrected chi connectivity index (χ0v) is 20.0. The number of benzene rings is 2. The van der Waals surface area contributed by atoms with E-state index < -0.39 is 55.6 Å². The summed E-state index contributed by atoms with van der Waals surface area (Å²) in [5.74, 6) is -8.20. The largest absolute Gasteiger partial charge is 0.460 e. The van der Waals surface area contributed by atoms with Crippen molar-refractivity contribution in [3.05, 3.63) is 86.8 Å². The van der Waals surface area contributed by atoms with Crippen molar-refractivity contribution < 1.29 is 39.5 Å². The Morgan fingerprint density at radius 1 is 0.818 bits per heavy atom. The predicted octanol–water partition coefficient (Wildman–Crippen LogP) is 9.17. The highest BCUT2D eigenvalue weighted by molar-refractivity contribution is 9.12. The quantitative estimate of drug-likeness (QED) is 0.236. The molecule has 0 bridgehead atoms. The van der Waals surface area contributed by atoms with Gasteiger partial charge in [0.1, 0.15) is 11.6 Å². The fourth-order valence-electron chi connectivity index (χ4n) is 3.25. The lowest BCUT2D eigenvalue weighted by molar-refractivity contribution is -0.330. The maximum atomic E-state index is 14.8. The van der Waals surface area contributed by atoms with Gasteiger partial charge in [-0.1, -0.05) is 68.3 Å². The first-order valence-corrected chi connectivity index (χ1v) is 11.3. The molecule has 1 unspecified atom stereocenters. The summed E-state index contributed by atoms with van der Waals surface area (Å²) < 4.78 is 122. The van der Waals surface area contributed by atoms with Crippen LogP contribution >= 0.6 is 43.6 Å². The minimum atomic E-state index is -6.55. The summed E-state index contributed by atoms with van der Waals surface area (Å²) in [5.41, 5.74) is -0.948. The average Bonchev–Trinajstić information content (AvgIpc) is 2.67. The number of halogens is 11. The molecule has 2 aromatic rings. The normalized spacial score (nSPS) is 20.2. The fourth-order valence-corrected chi connectivity index (χ4v) is 6.72. The maximum Gasteiger partial charge on any atom is 0.460 e. The van der Waals surface area contributed by atoms with E-state index in [1.807, 2.05) is 0 Å². The SMILES string of the molecule is Fc1ccccc1C1=C(SC(F)(F)C(F)(F)C(F)(F)F)C=C(Br)CC1(Br)c1ccccc1F. The third-order valence-corrected chi connectivity index (χ3v) is 7.41. The van der Waals surface area contributed by atoms with Crippen LogP contribution in [0.2, 0.25) is 0 Å². The molecular weight excluding hydrogens is 615 g/mol. The lowest BCUT2D eigenvalue weighted by Gasteiger charge is -2.37. The standard InChI is InChI=1S/C21H11Br2F9S/c22-11-9-16(33-21(31,32)19(26,27)20(28,29)30)17(12-5-1-3-7-14(12)24)18(23,10-11)13-6-2-4-8-15(13)25/h1-9H,10H2. The smallest absolute Gasteiger partial charge is 0.207 e. The van der Waals surface area contributed by atoms with Crippen molar-refractivity contribution in [2.75, 3.05) is 0 Å². The molecule has 3 rings (SSSR count). The molecule has 2 aromatic carbocycles. The molecule has 0 aromatic heterocycles. The van der Waals surface area contributed by atoms with E-state index in [0.29, 0.717) is 0 Å². The van der Waals surface area contributed by atoms with Gasteiger partial charge in [0.2, 0.25) is 0 Å². The van der Waals surface area contributed by atoms with Gasteiger partial charge in [0.25, 0.3) is 0 Å². The molecule has 1 aliphatic carbocycles. The van der Waals surface area contributed by atoms with Gasteiger partial charge >= 0.3 is 17.4 Å². The van der Waals surface area contributed by atoms with E-state index in [0.717, 1.165) is 24.3 Å². The summed E-state index contributed by atoms with van der Waals surface area (Å²) >= 11 is 5.25. The molecule has 0 radical (unpaired) electrons. The van der Waals surface area contributed by atoms with E-state index in [1.54, 1.807) is 0 Å². The highest BCUT2D eigenvalue weighted by Crippen LogP contribution is 2.60. The van der Waals surface area contributed by atoms with Gasteiger partial charge in [-0.15, -0.1) is 0 Å². The van der Waals surface area contributed by atoms with Crippen LogP contribution in [0.4, 0.5) is 39.5 Å². The van der Waals surface area contributed by atoms with E-state index in [4.69, 9.17) is 0 Å². The Kier molecular flexibility index (Phi) is 7.14. The molecule has 0 saturated carbocycles. The van der Waals surface area contributed by atoms with Crippen molar-refractivity contribution in [2.24, 2.45) is 0 Å². The van der Waals surface area contributed by atoms with Crippen LogP contribution in [-0.2, 0) is 4.32 Å². The molecule has 0 heterocycles. The average molecular weight is 626 g/mol. The van der Waals surface area contributed by atoms with Crippen LogP contribution in [0.1, 0.15) is 17.5 Å². The van der Waals surface area contributed by atoms with E-state index in [1.165, 1.54) is 30.3 Å². The van der Waals surface area contributed by atoms with Gasteiger partial charge < -0.3 is 0 Å². The van der Waals surface area contributed by atoms with Crippen molar-refractivity contribution in [2.45, 2.75) is 28.1 Å². The molecule has 178 valence electrons. The van der Waals surface area contributed by atoms with Crippen molar-refractivity contribution >= 4 is 49.2 Å². The molecule has 0 aliphatic heterocycles. The highest BCUT2D eigenvalue weighted by atomic mass is 79.9. The predicted molar refractivity (Wildman–Crippen MR) is 115 cm³/mol. The van der Waals surface area contributed by atoms with E-state index >= 15 is 0 Å². The van der Waals surface area contributed by atoms with E-state index in [-0.39, 0.29) is 22.0 Å². The first-order chi connectivity index (χ1) is 15.1. The summed E-state index contributed by atoms with van der Waals surface area (Å²) in [5, 5.41) is -5.67. The van der Waals surface area contributed by atoms with Gasteiger partial charge in [0.15, 0.2) is 0 Å². The Morgan fingerprint density at radius 2 is 1.36 bits per heavy atom. The minimum Gasteiger partial charge on any atom is -0.207 e. The zero-order chi connectivity index (χ0) is 24.8. The van der Waals surface area contributed by atoms with Crippen LogP contribution in [0.3, 0.4) is 0 Å². The van der Waals surface area contributed by atoms with Crippen molar-refractivity contribution in [1.82, 2.24) is 0 Å². The monoisotopic (exact) mass is 624 g/mol. The summed E-state index contributed by atoms with van der Waals surface area (Å²) in [6.07, 6.45) is -5.83.